The van der Waals surface area contributed by atoms with Crippen LogP contribution in [0, 0.1) is 0 Å². The van der Waals surface area contributed by atoms with Gasteiger partial charge >= 0.3 is 0 Å². The molecule has 1 aromatic rings. The van der Waals surface area contributed by atoms with E-state index < -0.39 is 0 Å². The first-order valence-electron chi connectivity index (χ1n) is 5.95. The van der Waals surface area contributed by atoms with Gasteiger partial charge in [-0.25, -0.2) is 0 Å². The molecule has 3 rings (SSSR count). The quantitative estimate of drug-likeness (QED) is 0.797. The highest BCUT2D eigenvalue weighted by molar-refractivity contribution is 9.10. The number of fused-ring (bicyclic) bond motifs is 2. The summed E-state index contributed by atoms with van der Waals surface area (Å²) in [4.78, 5) is 14.3. The van der Waals surface area contributed by atoms with Crippen LogP contribution in [0.15, 0.2) is 28.7 Å². The van der Waals surface area contributed by atoms with E-state index in [1.807, 2.05) is 29.2 Å². The van der Waals surface area contributed by atoms with Gasteiger partial charge in [-0.3, -0.25) is 4.79 Å². The zero-order valence-electron chi connectivity index (χ0n) is 9.43. The van der Waals surface area contributed by atoms with E-state index in [4.69, 9.17) is 4.74 Å². The fourth-order valence-electron chi connectivity index (χ4n) is 2.63. The van der Waals surface area contributed by atoms with Gasteiger partial charge in [-0.2, -0.15) is 0 Å². The van der Waals surface area contributed by atoms with E-state index >= 15 is 0 Å². The molecule has 2 saturated heterocycles. The fraction of sp³-hybridized carbons (Fsp3) is 0.462. The summed E-state index contributed by atoms with van der Waals surface area (Å²) in [5.41, 5.74) is 0.746. The Kier molecular flexibility index (Phi) is 2.92. The molecule has 0 aromatic heterocycles. The number of rotatable bonds is 1. The van der Waals surface area contributed by atoms with Crippen LogP contribution < -0.4 is 0 Å². The number of carbonyl (C=O) groups excluding carboxylic acids is 1. The van der Waals surface area contributed by atoms with Crippen LogP contribution >= 0.6 is 15.9 Å². The number of benzene rings is 1. The second kappa shape index (κ2) is 4.42. The van der Waals surface area contributed by atoms with Crippen LogP contribution in [0.1, 0.15) is 29.6 Å². The Morgan fingerprint density at radius 3 is 2.76 bits per heavy atom. The molecule has 0 spiro atoms. The lowest BCUT2D eigenvalue weighted by atomic mass is 10.0. The summed E-state index contributed by atoms with van der Waals surface area (Å²) in [7, 11) is 0. The normalized spacial score (nSPS) is 27.2. The predicted molar refractivity (Wildman–Crippen MR) is 67.7 cm³/mol. The number of amides is 1. The standard InChI is InChI=1S/C13H14BrNO2/c14-10-6-4-9(5-7-10)13(16)15-11-2-1-3-12(15)17-8-11/h4-7,11-12H,1-3,8H2. The van der Waals surface area contributed by atoms with Crippen molar-refractivity contribution in [2.45, 2.75) is 31.5 Å². The van der Waals surface area contributed by atoms with Crippen molar-refractivity contribution in [3.63, 3.8) is 0 Å². The summed E-state index contributed by atoms with van der Waals surface area (Å²) >= 11 is 3.38. The molecule has 1 amide bonds. The molecule has 90 valence electrons. The van der Waals surface area contributed by atoms with E-state index in [1.54, 1.807) is 0 Å². The van der Waals surface area contributed by atoms with Crippen molar-refractivity contribution in [2.24, 2.45) is 0 Å². The second-order valence-electron chi connectivity index (χ2n) is 4.59. The molecule has 3 nitrogen and oxygen atoms in total. The smallest absolute Gasteiger partial charge is 0.256 e. The minimum Gasteiger partial charge on any atom is -0.356 e. The highest BCUT2D eigenvalue weighted by Crippen LogP contribution is 2.31. The van der Waals surface area contributed by atoms with Crippen LogP contribution in [0.5, 0.6) is 0 Å². The average Bonchev–Trinajstić information content (AvgIpc) is 2.59. The Morgan fingerprint density at radius 1 is 1.29 bits per heavy atom. The van der Waals surface area contributed by atoms with Gasteiger partial charge in [0.25, 0.3) is 5.91 Å². The maximum absolute atomic E-state index is 12.4. The topological polar surface area (TPSA) is 29.5 Å². The fourth-order valence-corrected chi connectivity index (χ4v) is 2.89. The van der Waals surface area contributed by atoms with Crippen LogP contribution in [0.2, 0.25) is 0 Å². The molecule has 2 atom stereocenters. The molecule has 2 unspecified atom stereocenters. The largest absolute Gasteiger partial charge is 0.356 e. The van der Waals surface area contributed by atoms with Gasteiger partial charge in [0, 0.05) is 10.0 Å². The van der Waals surface area contributed by atoms with Gasteiger partial charge in [-0.05, 0) is 43.5 Å². The van der Waals surface area contributed by atoms with Crippen molar-refractivity contribution in [3.05, 3.63) is 34.3 Å². The number of ether oxygens (including phenoxy) is 1. The SMILES string of the molecule is O=C(c1ccc(Br)cc1)N1C2CCCC1OC2. The highest BCUT2D eigenvalue weighted by Gasteiger charge is 2.40. The molecular weight excluding hydrogens is 282 g/mol. The number of piperidine rings is 1. The Bertz CT molecular complexity index is 416. The van der Waals surface area contributed by atoms with Crippen LogP contribution in [0.3, 0.4) is 0 Å². The van der Waals surface area contributed by atoms with Gasteiger partial charge in [0.05, 0.1) is 12.6 Å². The zero-order valence-corrected chi connectivity index (χ0v) is 11.0. The van der Waals surface area contributed by atoms with Gasteiger partial charge in [-0.1, -0.05) is 15.9 Å². The minimum atomic E-state index is 0.00453. The van der Waals surface area contributed by atoms with Crippen molar-refractivity contribution in [1.82, 2.24) is 4.90 Å². The summed E-state index contributed by atoms with van der Waals surface area (Å²) < 4.78 is 6.64. The summed E-state index contributed by atoms with van der Waals surface area (Å²) in [6.45, 7) is 0.701. The molecule has 0 aliphatic carbocycles. The number of nitrogens with zero attached hydrogens (tertiary/aromatic N) is 1. The lowest BCUT2D eigenvalue weighted by Gasteiger charge is -2.32. The molecule has 0 N–H and O–H groups in total. The van der Waals surface area contributed by atoms with Crippen molar-refractivity contribution in [3.8, 4) is 0 Å². The van der Waals surface area contributed by atoms with E-state index in [0.29, 0.717) is 6.61 Å². The second-order valence-corrected chi connectivity index (χ2v) is 5.51. The lowest BCUT2D eigenvalue weighted by molar-refractivity contribution is 0.0124. The predicted octanol–water partition coefficient (Wildman–Crippen LogP) is 2.80. The molecule has 0 saturated carbocycles. The summed E-state index contributed by atoms with van der Waals surface area (Å²) in [5.74, 6) is 0.102. The molecule has 1 aromatic carbocycles. The molecule has 2 bridgehead atoms. The minimum absolute atomic E-state index is 0.00453. The monoisotopic (exact) mass is 295 g/mol. The van der Waals surface area contributed by atoms with Gasteiger partial charge < -0.3 is 9.64 Å². The first-order chi connectivity index (χ1) is 8.25. The van der Waals surface area contributed by atoms with Gasteiger partial charge in [0.2, 0.25) is 0 Å². The Morgan fingerprint density at radius 2 is 2.06 bits per heavy atom. The van der Waals surface area contributed by atoms with E-state index in [2.05, 4.69) is 15.9 Å². The molecule has 4 heteroatoms. The maximum Gasteiger partial charge on any atom is 0.256 e. The lowest BCUT2D eigenvalue weighted by Crippen LogP contribution is -2.44. The van der Waals surface area contributed by atoms with E-state index in [0.717, 1.165) is 22.9 Å². The molecule has 2 heterocycles. The van der Waals surface area contributed by atoms with Crippen molar-refractivity contribution in [2.75, 3.05) is 6.61 Å². The number of hydrogen-bond acceptors (Lipinski definition) is 2. The van der Waals surface area contributed by atoms with Crippen LogP contribution in [0.4, 0.5) is 0 Å². The Hall–Kier alpha value is -0.870. The molecule has 0 radical (unpaired) electrons. The van der Waals surface area contributed by atoms with Crippen molar-refractivity contribution >= 4 is 21.8 Å². The van der Waals surface area contributed by atoms with E-state index in [1.165, 1.54) is 6.42 Å². The third-order valence-electron chi connectivity index (χ3n) is 3.50. The van der Waals surface area contributed by atoms with Crippen molar-refractivity contribution in [1.29, 1.82) is 0 Å². The van der Waals surface area contributed by atoms with Crippen LogP contribution in [-0.2, 0) is 4.74 Å². The summed E-state index contributed by atoms with van der Waals surface area (Å²) in [6, 6.07) is 7.81. The Balaban J connectivity index is 1.84. The maximum atomic E-state index is 12.4. The van der Waals surface area contributed by atoms with Crippen molar-refractivity contribution < 1.29 is 9.53 Å². The van der Waals surface area contributed by atoms with Crippen LogP contribution in [0.25, 0.3) is 0 Å². The highest BCUT2D eigenvalue weighted by atomic mass is 79.9. The zero-order chi connectivity index (χ0) is 11.8. The average molecular weight is 296 g/mol. The van der Waals surface area contributed by atoms with E-state index in [-0.39, 0.29) is 18.2 Å². The van der Waals surface area contributed by atoms with Crippen LogP contribution in [-0.4, -0.2) is 29.7 Å². The van der Waals surface area contributed by atoms with Gasteiger partial charge in [0.1, 0.15) is 6.23 Å². The van der Waals surface area contributed by atoms with Gasteiger partial charge in [0.15, 0.2) is 0 Å². The first-order valence-corrected chi connectivity index (χ1v) is 6.75. The van der Waals surface area contributed by atoms with E-state index in [9.17, 15) is 4.79 Å². The summed E-state index contributed by atoms with van der Waals surface area (Å²) in [6.07, 6.45) is 3.21. The van der Waals surface area contributed by atoms with Gasteiger partial charge in [-0.15, -0.1) is 0 Å². The first kappa shape index (κ1) is 11.2. The molecule has 2 fully saturated rings. The summed E-state index contributed by atoms with van der Waals surface area (Å²) in [5, 5.41) is 0. The molecule has 2 aliphatic heterocycles. The molecule has 17 heavy (non-hydrogen) atoms. The Labute approximate surface area is 109 Å². The number of carbonyl (C=O) groups is 1. The third kappa shape index (κ3) is 2.00. The molecule has 2 aliphatic rings. The number of hydrogen-bond donors (Lipinski definition) is 0. The number of halogens is 1. The molecular formula is C13H14BrNO2. The third-order valence-corrected chi connectivity index (χ3v) is 4.03.